The van der Waals surface area contributed by atoms with E-state index in [1.807, 2.05) is 0 Å². The Morgan fingerprint density at radius 3 is 2.87 bits per heavy atom. The summed E-state index contributed by atoms with van der Waals surface area (Å²) in [6, 6.07) is 6.21. The number of rotatable bonds is 5. The van der Waals surface area contributed by atoms with E-state index in [1.165, 1.54) is 24.1 Å². The molecule has 0 fully saturated rings. The van der Waals surface area contributed by atoms with Gasteiger partial charge in [0.1, 0.15) is 17.1 Å². The van der Waals surface area contributed by atoms with Crippen LogP contribution in [0.4, 0.5) is 15.3 Å². The fourth-order valence-corrected chi connectivity index (χ4v) is 5.26. The van der Waals surface area contributed by atoms with Gasteiger partial charge in [-0.15, -0.1) is 16.4 Å². The van der Waals surface area contributed by atoms with Crippen LogP contribution in [-0.4, -0.2) is 33.0 Å². The van der Waals surface area contributed by atoms with Gasteiger partial charge in [-0.3, -0.25) is 5.32 Å². The van der Waals surface area contributed by atoms with Crippen molar-refractivity contribution in [1.82, 2.24) is 14.8 Å². The SMILES string of the molecule is COC(=O)c1c(NC(=S)Nc2ncn(Cc3ccc(F)cc3)n2)sc2c1CCC(C)C2. The fourth-order valence-electron chi connectivity index (χ4n) is 3.60. The molecular weight excluding hydrogens is 437 g/mol. The average Bonchev–Trinajstić information content (AvgIpc) is 3.32. The Labute approximate surface area is 188 Å². The van der Waals surface area contributed by atoms with Crippen molar-refractivity contribution in [2.45, 2.75) is 32.7 Å². The molecule has 1 aromatic carbocycles. The molecule has 0 spiro atoms. The number of ether oxygens (including phenoxy) is 1. The number of methoxy groups -OCH3 is 1. The number of esters is 1. The lowest BCUT2D eigenvalue weighted by Crippen LogP contribution is -2.21. The van der Waals surface area contributed by atoms with Crippen LogP contribution in [0.25, 0.3) is 0 Å². The van der Waals surface area contributed by atoms with Crippen LogP contribution in [-0.2, 0) is 24.1 Å². The Morgan fingerprint density at radius 1 is 1.35 bits per heavy atom. The molecule has 3 aromatic rings. The van der Waals surface area contributed by atoms with Gasteiger partial charge in [-0.25, -0.2) is 18.9 Å². The van der Waals surface area contributed by atoms with Gasteiger partial charge in [0.25, 0.3) is 0 Å². The van der Waals surface area contributed by atoms with E-state index in [4.69, 9.17) is 17.0 Å². The van der Waals surface area contributed by atoms with Gasteiger partial charge in [-0.2, -0.15) is 0 Å². The molecule has 0 radical (unpaired) electrons. The van der Waals surface area contributed by atoms with Crippen LogP contribution < -0.4 is 10.6 Å². The summed E-state index contributed by atoms with van der Waals surface area (Å²) in [5.41, 5.74) is 2.52. The number of halogens is 1. The van der Waals surface area contributed by atoms with E-state index in [0.717, 1.165) is 30.4 Å². The van der Waals surface area contributed by atoms with Crippen molar-refractivity contribution in [2.24, 2.45) is 5.92 Å². The standard InChI is InChI=1S/C21H22FN5O2S2/c1-12-3-8-15-16(9-12)31-18(17(15)19(28)29-2)24-21(30)25-20-23-11-27(26-20)10-13-4-6-14(22)7-5-13/h4-7,11-12H,3,8-10H2,1-2H3,(H2,24,25,26,30). The Bertz CT molecular complexity index is 1110. The molecule has 1 aliphatic rings. The number of carbonyl (C=O) groups is 1. The average molecular weight is 460 g/mol. The predicted molar refractivity (Wildman–Crippen MR) is 122 cm³/mol. The minimum atomic E-state index is -0.362. The first-order chi connectivity index (χ1) is 14.9. The number of thiocarbonyl (C=S) groups is 1. The molecule has 0 aliphatic heterocycles. The molecule has 1 atom stereocenters. The van der Waals surface area contributed by atoms with Gasteiger partial charge in [0.15, 0.2) is 5.11 Å². The van der Waals surface area contributed by atoms with Crippen molar-refractivity contribution < 1.29 is 13.9 Å². The molecule has 4 rings (SSSR count). The van der Waals surface area contributed by atoms with E-state index in [2.05, 4.69) is 27.6 Å². The molecule has 0 amide bonds. The van der Waals surface area contributed by atoms with Crippen LogP contribution in [0.5, 0.6) is 0 Å². The number of aromatic nitrogens is 3. The van der Waals surface area contributed by atoms with Gasteiger partial charge in [0.2, 0.25) is 5.95 Å². The third kappa shape index (κ3) is 4.91. The molecule has 2 N–H and O–H groups in total. The topological polar surface area (TPSA) is 81.1 Å². The molecule has 162 valence electrons. The zero-order valence-electron chi connectivity index (χ0n) is 17.1. The summed E-state index contributed by atoms with van der Waals surface area (Å²) in [5, 5.41) is 11.4. The van der Waals surface area contributed by atoms with Crippen LogP contribution in [0.3, 0.4) is 0 Å². The second-order valence-corrected chi connectivity index (χ2v) is 9.03. The third-order valence-corrected chi connectivity index (χ3v) is 6.52. The molecule has 2 heterocycles. The third-order valence-electron chi connectivity index (χ3n) is 5.15. The highest BCUT2D eigenvalue weighted by Crippen LogP contribution is 2.40. The maximum Gasteiger partial charge on any atom is 0.341 e. The number of thiophene rings is 1. The lowest BCUT2D eigenvalue weighted by atomic mass is 9.88. The lowest BCUT2D eigenvalue weighted by Gasteiger charge is -2.18. The fraction of sp³-hybridized carbons (Fsp3) is 0.333. The number of anilines is 2. The summed E-state index contributed by atoms with van der Waals surface area (Å²) < 4.78 is 19.7. The molecule has 1 aliphatic carbocycles. The van der Waals surface area contributed by atoms with E-state index < -0.39 is 0 Å². The number of hydrogen-bond donors (Lipinski definition) is 2. The number of nitrogens with one attached hydrogen (secondary N) is 2. The molecular formula is C21H22FN5O2S2. The summed E-state index contributed by atoms with van der Waals surface area (Å²) in [7, 11) is 1.38. The lowest BCUT2D eigenvalue weighted by molar-refractivity contribution is 0.0601. The number of hydrogen-bond acceptors (Lipinski definition) is 6. The van der Waals surface area contributed by atoms with E-state index in [0.29, 0.717) is 29.0 Å². The highest BCUT2D eigenvalue weighted by molar-refractivity contribution is 7.80. The zero-order valence-corrected chi connectivity index (χ0v) is 18.8. The number of nitrogens with zero attached hydrogens (tertiary/aromatic N) is 3. The number of fused-ring (bicyclic) bond motifs is 1. The van der Waals surface area contributed by atoms with Crippen LogP contribution in [0, 0.1) is 11.7 Å². The minimum absolute atomic E-state index is 0.280. The van der Waals surface area contributed by atoms with Crippen LogP contribution in [0.2, 0.25) is 0 Å². The Kier molecular flexibility index (Phi) is 6.28. The van der Waals surface area contributed by atoms with Gasteiger partial charge < -0.3 is 10.1 Å². The van der Waals surface area contributed by atoms with Crippen LogP contribution in [0.15, 0.2) is 30.6 Å². The summed E-state index contributed by atoms with van der Waals surface area (Å²) in [5.74, 6) is 0.272. The van der Waals surface area contributed by atoms with Crippen molar-refractivity contribution in [3.05, 3.63) is 58.0 Å². The number of carbonyl (C=O) groups excluding carboxylic acids is 1. The largest absolute Gasteiger partial charge is 0.465 e. The molecule has 2 aromatic heterocycles. The predicted octanol–water partition coefficient (Wildman–Crippen LogP) is 4.25. The van der Waals surface area contributed by atoms with Crippen LogP contribution >= 0.6 is 23.6 Å². The highest BCUT2D eigenvalue weighted by atomic mass is 32.1. The Balaban J connectivity index is 1.45. The van der Waals surface area contributed by atoms with Crippen molar-refractivity contribution in [3.63, 3.8) is 0 Å². The van der Waals surface area contributed by atoms with E-state index in [1.54, 1.807) is 34.5 Å². The molecule has 7 nitrogen and oxygen atoms in total. The van der Waals surface area contributed by atoms with Crippen LogP contribution in [0.1, 0.15) is 39.7 Å². The maximum atomic E-state index is 13.1. The zero-order chi connectivity index (χ0) is 22.0. The van der Waals surface area contributed by atoms with Crippen molar-refractivity contribution in [1.29, 1.82) is 0 Å². The summed E-state index contributed by atoms with van der Waals surface area (Å²) in [6.45, 7) is 2.67. The van der Waals surface area contributed by atoms with Gasteiger partial charge >= 0.3 is 5.97 Å². The normalized spacial score (nSPS) is 15.3. The smallest absolute Gasteiger partial charge is 0.341 e. The summed E-state index contributed by atoms with van der Waals surface area (Å²) in [4.78, 5) is 17.8. The van der Waals surface area contributed by atoms with Crippen molar-refractivity contribution in [2.75, 3.05) is 17.7 Å². The monoisotopic (exact) mass is 459 g/mol. The molecule has 0 bridgehead atoms. The Hall–Kier alpha value is -2.85. The van der Waals surface area contributed by atoms with Crippen molar-refractivity contribution >= 4 is 45.6 Å². The van der Waals surface area contributed by atoms with Crippen molar-refractivity contribution in [3.8, 4) is 0 Å². The molecule has 1 unspecified atom stereocenters. The molecule has 0 saturated carbocycles. The van der Waals surface area contributed by atoms with Gasteiger partial charge in [0.05, 0.1) is 19.2 Å². The first-order valence-electron chi connectivity index (χ1n) is 9.87. The molecule has 0 saturated heterocycles. The first-order valence-corrected chi connectivity index (χ1v) is 11.1. The van der Waals surface area contributed by atoms with Gasteiger partial charge in [0, 0.05) is 4.88 Å². The summed E-state index contributed by atoms with van der Waals surface area (Å²) >= 11 is 6.96. The van der Waals surface area contributed by atoms with Gasteiger partial charge in [-0.05, 0) is 60.7 Å². The van der Waals surface area contributed by atoms with Gasteiger partial charge in [-0.1, -0.05) is 19.1 Å². The van der Waals surface area contributed by atoms with E-state index in [9.17, 15) is 9.18 Å². The second kappa shape index (κ2) is 9.11. The van der Waals surface area contributed by atoms with E-state index in [-0.39, 0.29) is 16.9 Å². The minimum Gasteiger partial charge on any atom is -0.465 e. The highest BCUT2D eigenvalue weighted by Gasteiger charge is 2.28. The van der Waals surface area contributed by atoms with E-state index >= 15 is 0 Å². The first kappa shape index (κ1) is 21.4. The molecule has 10 heteroatoms. The molecule has 31 heavy (non-hydrogen) atoms. The quantitative estimate of drug-likeness (QED) is 0.436. The Morgan fingerprint density at radius 2 is 2.13 bits per heavy atom. The second-order valence-electron chi connectivity index (χ2n) is 7.52. The number of benzene rings is 1. The summed E-state index contributed by atoms with van der Waals surface area (Å²) in [6.07, 6.45) is 4.42. The maximum absolute atomic E-state index is 13.1.